The largest absolute Gasteiger partial charge is 0.351 e. The Morgan fingerprint density at radius 2 is 1.53 bits per heavy atom. The van der Waals surface area contributed by atoms with Crippen LogP contribution in [0.15, 0.2) is 88.2 Å². The van der Waals surface area contributed by atoms with Crippen LogP contribution in [0.4, 0.5) is 4.39 Å². The molecule has 0 spiro atoms. The fourth-order valence-electron chi connectivity index (χ4n) is 2.82. The van der Waals surface area contributed by atoms with Crippen LogP contribution in [0, 0.1) is 5.82 Å². The summed E-state index contributed by atoms with van der Waals surface area (Å²) in [4.78, 5) is 12.9. The number of amides is 1. The zero-order chi connectivity index (χ0) is 21.6. The van der Waals surface area contributed by atoms with Crippen molar-refractivity contribution in [2.24, 2.45) is 0 Å². The molecule has 30 heavy (non-hydrogen) atoms. The van der Waals surface area contributed by atoms with Crippen molar-refractivity contribution in [2.75, 3.05) is 0 Å². The third kappa shape index (κ3) is 6.22. The molecule has 8 heteroatoms. The molecule has 0 fully saturated rings. The Labute approximate surface area is 183 Å². The van der Waals surface area contributed by atoms with Gasteiger partial charge in [-0.15, -0.1) is 0 Å². The van der Waals surface area contributed by atoms with Gasteiger partial charge < -0.3 is 5.32 Å². The summed E-state index contributed by atoms with van der Waals surface area (Å²) in [6, 6.07) is 20.0. The highest BCUT2D eigenvalue weighted by atomic mass is 79.9. The Morgan fingerprint density at radius 3 is 2.17 bits per heavy atom. The number of rotatable bonds is 8. The zero-order valence-corrected chi connectivity index (χ0v) is 18.3. The van der Waals surface area contributed by atoms with E-state index in [-0.39, 0.29) is 23.7 Å². The third-order valence-electron chi connectivity index (χ3n) is 4.40. The standard InChI is InChI=1S/C22H20BrFN2O3S/c23-18-8-12-20(13-9-18)30(28,29)26-21(14-16-4-2-1-3-5-16)22(27)25-15-17-6-10-19(24)11-7-17/h1-13,21,26H,14-15H2,(H,25,27)/t21-/m0/s1. The second-order valence-electron chi connectivity index (χ2n) is 6.66. The lowest BCUT2D eigenvalue weighted by atomic mass is 10.1. The van der Waals surface area contributed by atoms with Crippen molar-refractivity contribution >= 4 is 31.9 Å². The highest BCUT2D eigenvalue weighted by Gasteiger charge is 2.26. The highest BCUT2D eigenvalue weighted by Crippen LogP contribution is 2.16. The van der Waals surface area contributed by atoms with Gasteiger partial charge in [0.2, 0.25) is 15.9 Å². The minimum Gasteiger partial charge on any atom is -0.351 e. The lowest BCUT2D eigenvalue weighted by Crippen LogP contribution is -2.47. The minimum absolute atomic E-state index is 0.0649. The molecule has 3 aromatic carbocycles. The smallest absolute Gasteiger partial charge is 0.241 e. The molecule has 0 bridgehead atoms. The second-order valence-corrected chi connectivity index (χ2v) is 9.29. The summed E-state index contributed by atoms with van der Waals surface area (Å²) in [6.45, 7) is 0.157. The first-order valence-corrected chi connectivity index (χ1v) is 11.4. The van der Waals surface area contributed by atoms with E-state index in [4.69, 9.17) is 0 Å². The molecule has 0 saturated carbocycles. The molecule has 0 saturated heterocycles. The normalized spacial score (nSPS) is 12.3. The number of nitrogens with one attached hydrogen (secondary N) is 2. The molecule has 3 rings (SSSR count). The minimum atomic E-state index is -3.91. The van der Waals surface area contributed by atoms with Crippen LogP contribution in [0.25, 0.3) is 0 Å². The lowest BCUT2D eigenvalue weighted by Gasteiger charge is -2.19. The van der Waals surface area contributed by atoms with Gasteiger partial charge >= 0.3 is 0 Å². The fraction of sp³-hybridized carbons (Fsp3) is 0.136. The Morgan fingerprint density at radius 1 is 0.900 bits per heavy atom. The summed E-state index contributed by atoms with van der Waals surface area (Å²) < 4.78 is 41.9. The maximum absolute atomic E-state index is 13.1. The monoisotopic (exact) mass is 490 g/mol. The maximum atomic E-state index is 13.1. The van der Waals surface area contributed by atoms with Crippen LogP contribution in [0.1, 0.15) is 11.1 Å². The first kappa shape index (κ1) is 22.1. The molecule has 0 unspecified atom stereocenters. The summed E-state index contributed by atoms with van der Waals surface area (Å²) >= 11 is 3.27. The van der Waals surface area contributed by atoms with Gasteiger partial charge in [-0.3, -0.25) is 4.79 Å². The van der Waals surface area contributed by atoms with Crippen LogP contribution >= 0.6 is 15.9 Å². The molecule has 1 atom stereocenters. The molecule has 5 nitrogen and oxygen atoms in total. The van der Waals surface area contributed by atoms with E-state index in [1.165, 1.54) is 24.3 Å². The average Bonchev–Trinajstić information content (AvgIpc) is 2.73. The first-order valence-electron chi connectivity index (χ1n) is 9.17. The van der Waals surface area contributed by atoms with Gasteiger partial charge in [0.05, 0.1) is 4.90 Å². The van der Waals surface area contributed by atoms with E-state index in [1.807, 2.05) is 30.3 Å². The third-order valence-corrected chi connectivity index (χ3v) is 6.42. The van der Waals surface area contributed by atoms with Crippen LogP contribution in [0.2, 0.25) is 0 Å². The van der Waals surface area contributed by atoms with Crippen LogP contribution < -0.4 is 10.0 Å². The van der Waals surface area contributed by atoms with Crippen LogP contribution in [0.3, 0.4) is 0 Å². The first-order chi connectivity index (χ1) is 14.3. The van der Waals surface area contributed by atoms with Gasteiger partial charge in [0, 0.05) is 11.0 Å². The van der Waals surface area contributed by atoms with Crippen molar-refractivity contribution in [1.29, 1.82) is 0 Å². The van der Waals surface area contributed by atoms with E-state index in [1.54, 1.807) is 24.3 Å². The maximum Gasteiger partial charge on any atom is 0.241 e. The van der Waals surface area contributed by atoms with Crippen LogP contribution in [-0.4, -0.2) is 20.4 Å². The Kier molecular flexibility index (Phi) is 7.36. The van der Waals surface area contributed by atoms with Gasteiger partial charge in [-0.1, -0.05) is 58.4 Å². The van der Waals surface area contributed by atoms with Gasteiger partial charge in [0.25, 0.3) is 0 Å². The summed E-state index contributed by atoms with van der Waals surface area (Å²) in [6.07, 6.45) is 0.186. The van der Waals surface area contributed by atoms with Crippen molar-refractivity contribution in [3.05, 3.63) is 100 Å². The molecule has 0 radical (unpaired) electrons. The van der Waals surface area contributed by atoms with E-state index < -0.39 is 22.0 Å². The van der Waals surface area contributed by atoms with E-state index in [2.05, 4.69) is 26.0 Å². The number of hydrogen-bond acceptors (Lipinski definition) is 3. The predicted octanol–water partition coefficient (Wildman–Crippen LogP) is 3.79. The molecular formula is C22H20BrFN2O3S. The molecule has 156 valence electrons. The van der Waals surface area contributed by atoms with Crippen molar-refractivity contribution in [1.82, 2.24) is 10.0 Å². The number of carbonyl (C=O) groups excluding carboxylic acids is 1. The molecule has 3 aromatic rings. The molecular weight excluding hydrogens is 471 g/mol. The summed E-state index contributed by atoms with van der Waals surface area (Å²) in [7, 11) is -3.91. The predicted molar refractivity (Wildman–Crippen MR) is 117 cm³/mol. The van der Waals surface area contributed by atoms with E-state index >= 15 is 0 Å². The number of sulfonamides is 1. The molecule has 0 aliphatic rings. The van der Waals surface area contributed by atoms with E-state index in [0.29, 0.717) is 5.56 Å². The highest BCUT2D eigenvalue weighted by molar-refractivity contribution is 9.10. The van der Waals surface area contributed by atoms with Crippen molar-refractivity contribution in [3.8, 4) is 0 Å². The summed E-state index contributed by atoms with van der Waals surface area (Å²) in [5, 5.41) is 2.73. The Hall–Kier alpha value is -2.55. The quantitative estimate of drug-likeness (QED) is 0.504. The SMILES string of the molecule is O=C(NCc1ccc(F)cc1)[C@H](Cc1ccccc1)NS(=O)(=O)c1ccc(Br)cc1. The molecule has 0 aliphatic heterocycles. The molecule has 0 aliphatic carbocycles. The fourth-order valence-corrected chi connectivity index (χ4v) is 4.28. The summed E-state index contributed by atoms with van der Waals surface area (Å²) in [5.74, 6) is -0.835. The molecule has 0 heterocycles. The van der Waals surface area contributed by atoms with Crippen LogP contribution in [0.5, 0.6) is 0 Å². The van der Waals surface area contributed by atoms with Gasteiger partial charge in [-0.2, -0.15) is 4.72 Å². The summed E-state index contributed by atoms with van der Waals surface area (Å²) in [5.41, 5.74) is 1.52. The number of carbonyl (C=O) groups is 1. The van der Waals surface area contributed by atoms with Gasteiger partial charge in [0.15, 0.2) is 0 Å². The van der Waals surface area contributed by atoms with Crippen molar-refractivity contribution in [2.45, 2.75) is 23.9 Å². The van der Waals surface area contributed by atoms with Gasteiger partial charge in [-0.25, -0.2) is 12.8 Å². The number of benzene rings is 3. The van der Waals surface area contributed by atoms with Crippen molar-refractivity contribution < 1.29 is 17.6 Å². The topological polar surface area (TPSA) is 75.3 Å². The van der Waals surface area contributed by atoms with Gasteiger partial charge in [0.1, 0.15) is 11.9 Å². The van der Waals surface area contributed by atoms with Crippen molar-refractivity contribution in [3.63, 3.8) is 0 Å². The molecule has 1 amide bonds. The Bertz CT molecular complexity index is 1090. The molecule has 2 N–H and O–H groups in total. The average molecular weight is 491 g/mol. The van der Waals surface area contributed by atoms with Crippen LogP contribution in [-0.2, 0) is 27.8 Å². The second kappa shape index (κ2) is 9.97. The van der Waals surface area contributed by atoms with Gasteiger partial charge in [-0.05, 0) is 53.9 Å². The zero-order valence-electron chi connectivity index (χ0n) is 15.9. The number of halogens is 2. The Balaban J connectivity index is 1.77. The lowest BCUT2D eigenvalue weighted by molar-refractivity contribution is -0.122. The number of hydrogen-bond donors (Lipinski definition) is 2. The van der Waals surface area contributed by atoms with E-state index in [0.717, 1.165) is 10.0 Å². The van der Waals surface area contributed by atoms with E-state index in [9.17, 15) is 17.6 Å². The molecule has 0 aromatic heterocycles.